The maximum Gasteiger partial charge on any atom is 0.126 e. The maximum atomic E-state index is 9.52. The maximum absolute atomic E-state index is 9.52. The van der Waals surface area contributed by atoms with Crippen LogP contribution in [0.25, 0.3) is 0 Å². The van der Waals surface area contributed by atoms with Gasteiger partial charge >= 0.3 is 0 Å². The quantitative estimate of drug-likeness (QED) is 0.848. The lowest BCUT2D eigenvalue weighted by molar-refractivity contribution is 0.168. The van der Waals surface area contributed by atoms with Gasteiger partial charge in [-0.05, 0) is 36.8 Å². The molecule has 0 aliphatic heterocycles. The normalized spacial score (nSPS) is 25.0. The van der Waals surface area contributed by atoms with Gasteiger partial charge in [-0.3, -0.25) is 0 Å². The van der Waals surface area contributed by atoms with Gasteiger partial charge in [0.05, 0.1) is 20.3 Å². The highest BCUT2D eigenvalue weighted by Crippen LogP contribution is 2.52. The van der Waals surface area contributed by atoms with Crippen LogP contribution in [0.3, 0.4) is 0 Å². The molecular weight excluding hydrogens is 204 g/mol. The van der Waals surface area contributed by atoms with Gasteiger partial charge in [0.2, 0.25) is 0 Å². The zero-order valence-corrected chi connectivity index (χ0v) is 9.93. The van der Waals surface area contributed by atoms with E-state index in [2.05, 4.69) is 0 Å². The fourth-order valence-corrected chi connectivity index (χ4v) is 2.23. The second-order valence-corrected chi connectivity index (χ2v) is 4.35. The van der Waals surface area contributed by atoms with Crippen molar-refractivity contribution in [2.24, 2.45) is 5.92 Å². The average molecular weight is 222 g/mol. The summed E-state index contributed by atoms with van der Waals surface area (Å²) in [5.41, 5.74) is 1.18. The van der Waals surface area contributed by atoms with E-state index in [9.17, 15) is 5.11 Å². The van der Waals surface area contributed by atoms with Crippen molar-refractivity contribution in [3.8, 4) is 11.5 Å². The highest BCUT2D eigenvalue weighted by molar-refractivity contribution is 5.45. The van der Waals surface area contributed by atoms with E-state index in [1.54, 1.807) is 14.2 Å². The summed E-state index contributed by atoms with van der Waals surface area (Å²) >= 11 is 0. The molecule has 0 saturated heterocycles. The van der Waals surface area contributed by atoms with E-state index in [0.717, 1.165) is 17.9 Å². The molecule has 1 aliphatic carbocycles. The van der Waals surface area contributed by atoms with Gasteiger partial charge in [-0.15, -0.1) is 0 Å². The van der Waals surface area contributed by atoms with E-state index in [1.165, 1.54) is 5.56 Å². The molecule has 0 heterocycles. The van der Waals surface area contributed by atoms with Crippen LogP contribution < -0.4 is 9.47 Å². The molecule has 0 radical (unpaired) electrons. The summed E-state index contributed by atoms with van der Waals surface area (Å²) in [4.78, 5) is 0. The number of ether oxygens (including phenoxy) is 2. The minimum Gasteiger partial charge on any atom is -0.497 e. The Morgan fingerprint density at radius 2 is 2.06 bits per heavy atom. The van der Waals surface area contributed by atoms with Crippen molar-refractivity contribution in [2.75, 3.05) is 14.2 Å². The van der Waals surface area contributed by atoms with Crippen molar-refractivity contribution < 1.29 is 14.6 Å². The van der Waals surface area contributed by atoms with Gasteiger partial charge < -0.3 is 14.6 Å². The first kappa shape index (κ1) is 11.3. The first-order chi connectivity index (χ1) is 7.67. The van der Waals surface area contributed by atoms with Crippen LogP contribution in [-0.2, 0) is 0 Å². The Bertz CT molecular complexity index is 373. The molecule has 1 aromatic rings. The molecule has 2 rings (SSSR count). The van der Waals surface area contributed by atoms with E-state index < -0.39 is 0 Å². The Balaban J connectivity index is 2.22. The van der Waals surface area contributed by atoms with Crippen LogP contribution in [0, 0.1) is 5.92 Å². The predicted octanol–water partition coefficient (Wildman–Crippen LogP) is 2.19. The number of hydrogen-bond donors (Lipinski definition) is 1. The van der Waals surface area contributed by atoms with Gasteiger partial charge in [0.1, 0.15) is 11.5 Å². The molecule has 0 aromatic heterocycles. The molecule has 16 heavy (non-hydrogen) atoms. The van der Waals surface area contributed by atoms with Crippen molar-refractivity contribution >= 4 is 0 Å². The van der Waals surface area contributed by atoms with Gasteiger partial charge in [-0.1, -0.05) is 6.07 Å². The molecule has 1 N–H and O–H groups in total. The molecule has 1 aromatic carbocycles. The third-order valence-electron chi connectivity index (χ3n) is 3.30. The molecule has 0 amide bonds. The largest absolute Gasteiger partial charge is 0.497 e. The third kappa shape index (κ3) is 2.00. The molecular formula is C13H18O3. The van der Waals surface area contributed by atoms with Gasteiger partial charge in [0.15, 0.2) is 0 Å². The number of hydrogen-bond acceptors (Lipinski definition) is 3. The van der Waals surface area contributed by atoms with E-state index in [-0.39, 0.29) is 6.10 Å². The summed E-state index contributed by atoms with van der Waals surface area (Å²) in [6.07, 6.45) is 0.803. The molecule has 0 spiro atoms. The average Bonchev–Trinajstić information content (AvgIpc) is 3.08. The standard InChI is InChI=1S/C13H18O3/c1-8(14)11-7-12(11)10-5-4-9(15-2)6-13(10)16-3/h4-6,8,11-12,14H,7H2,1-3H3/t8-,11-,12-/m0/s1. The van der Waals surface area contributed by atoms with Crippen LogP contribution in [0.4, 0.5) is 0 Å². The number of methoxy groups -OCH3 is 2. The van der Waals surface area contributed by atoms with Gasteiger partial charge in [-0.25, -0.2) is 0 Å². The van der Waals surface area contributed by atoms with Crippen LogP contribution in [0.1, 0.15) is 24.8 Å². The van der Waals surface area contributed by atoms with Crippen LogP contribution >= 0.6 is 0 Å². The van der Waals surface area contributed by atoms with Crippen molar-refractivity contribution in [3.05, 3.63) is 23.8 Å². The van der Waals surface area contributed by atoms with E-state index in [1.807, 2.05) is 25.1 Å². The predicted molar refractivity (Wildman–Crippen MR) is 62.1 cm³/mol. The highest BCUT2D eigenvalue weighted by atomic mass is 16.5. The molecule has 3 atom stereocenters. The van der Waals surface area contributed by atoms with Crippen LogP contribution in [-0.4, -0.2) is 25.4 Å². The lowest BCUT2D eigenvalue weighted by Crippen LogP contribution is -2.04. The second kappa shape index (κ2) is 4.34. The molecule has 1 fully saturated rings. The van der Waals surface area contributed by atoms with Gasteiger partial charge in [0, 0.05) is 6.07 Å². The van der Waals surface area contributed by atoms with Crippen LogP contribution in [0.15, 0.2) is 18.2 Å². The molecule has 88 valence electrons. The minimum atomic E-state index is -0.239. The summed E-state index contributed by atoms with van der Waals surface area (Å²) in [5, 5.41) is 9.52. The van der Waals surface area contributed by atoms with E-state index in [0.29, 0.717) is 11.8 Å². The Morgan fingerprint density at radius 1 is 1.31 bits per heavy atom. The summed E-state index contributed by atoms with van der Waals surface area (Å²) in [6.45, 7) is 1.85. The fraction of sp³-hybridized carbons (Fsp3) is 0.538. The van der Waals surface area contributed by atoms with Crippen molar-refractivity contribution in [1.82, 2.24) is 0 Å². The van der Waals surface area contributed by atoms with E-state index in [4.69, 9.17) is 9.47 Å². The van der Waals surface area contributed by atoms with Gasteiger partial charge in [0.25, 0.3) is 0 Å². The molecule has 0 unspecified atom stereocenters. The van der Waals surface area contributed by atoms with Gasteiger partial charge in [-0.2, -0.15) is 0 Å². The Hall–Kier alpha value is -1.22. The molecule has 3 heteroatoms. The Morgan fingerprint density at radius 3 is 2.56 bits per heavy atom. The number of aliphatic hydroxyl groups excluding tert-OH is 1. The molecule has 1 saturated carbocycles. The summed E-state index contributed by atoms with van der Waals surface area (Å²) < 4.78 is 10.5. The third-order valence-corrected chi connectivity index (χ3v) is 3.30. The SMILES string of the molecule is COc1ccc([C@@H]2C[C@H]2[C@H](C)O)c(OC)c1. The summed E-state index contributed by atoms with van der Waals surface area (Å²) in [5.74, 6) is 2.46. The highest BCUT2D eigenvalue weighted by Gasteiger charge is 2.42. The topological polar surface area (TPSA) is 38.7 Å². The Kier molecular flexibility index (Phi) is 3.06. The van der Waals surface area contributed by atoms with E-state index >= 15 is 0 Å². The molecule has 3 nitrogen and oxygen atoms in total. The number of rotatable bonds is 4. The van der Waals surface area contributed by atoms with Crippen molar-refractivity contribution in [1.29, 1.82) is 0 Å². The van der Waals surface area contributed by atoms with Crippen molar-refractivity contribution in [3.63, 3.8) is 0 Å². The first-order valence-electron chi connectivity index (χ1n) is 5.57. The first-order valence-corrected chi connectivity index (χ1v) is 5.57. The van der Waals surface area contributed by atoms with Crippen LogP contribution in [0.2, 0.25) is 0 Å². The molecule has 1 aliphatic rings. The monoisotopic (exact) mass is 222 g/mol. The molecule has 0 bridgehead atoms. The number of benzene rings is 1. The summed E-state index contributed by atoms with van der Waals surface area (Å²) in [6, 6.07) is 5.87. The zero-order valence-electron chi connectivity index (χ0n) is 9.93. The smallest absolute Gasteiger partial charge is 0.126 e. The lowest BCUT2D eigenvalue weighted by Gasteiger charge is -2.10. The Labute approximate surface area is 96.0 Å². The minimum absolute atomic E-state index is 0.239. The summed E-state index contributed by atoms with van der Waals surface area (Å²) in [7, 11) is 3.31. The fourth-order valence-electron chi connectivity index (χ4n) is 2.23. The van der Waals surface area contributed by atoms with Crippen LogP contribution in [0.5, 0.6) is 11.5 Å². The zero-order chi connectivity index (χ0) is 11.7. The number of aliphatic hydroxyl groups is 1. The second-order valence-electron chi connectivity index (χ2n) is 4.35. The van der Waals surface area contributed by atoms with Crippen molar-refractivity contribution in [2.45, 2.75) is 25.4 Å². The lowest BCUT2D eigenvalue weighted by atomic mass is 10.1.